The van der Waals surface area contributed by atoms with Crippen molar-refractivity contribution in [2.45, 2.75) is 59.7 Å². The molecule has 6 nitrogen and oxygen atoms in total. The van der Waals surface area contributed by atoms with Crippen molar-refractivity contribution in [3.05, 3.63) is 53.2 Å². The minimum atomic E-state index is -0.0435. The highest BCUT2D eigenvalue weighted by Crippen LogP contribution is 2.22. The second-order valence-corrected chi connectivity index (χ2v) is 7.37. The highest BCUT2D eigenvalue weighted by Gasteiger charge is 2.19. The molecule has 0 aliphatic heterocycles. The van der Waals surface area contributed by atoms with Gasteiger partial charge in [0.25, 0.3) is 0 Å². The van der Waals surface area contributed by atoms with Crippen molar-refractivity contribution in [2.24, 2.45) is 4.99 Å². The molecule has 0 bridgehead atoms. The maximum atomic E-state index is 5.82. The lowest BCUT2D eigenvalue weighted by Crippen LogP contribution is -2.36. The molecule has 2 rings (SSSR count). The second-order valence-electron chi connectivity index (χ2n) is 7.37. The molecule has 1 heterocycles. The number of hydrogen-bond acceptors (Lipinski definition) is 4. The van der Waals surface area contributed by atoms with Gasteiger partial charge in [-0.3, -0.25) is 0 Å². The smallest absolute Gasteiger partial charge is 0.213 e. The van der Waals surface area contributed by atoms with Gasteiger partial charge in [-0.1, -0.05) is 45.0 Å². The summed E-state index contributed by atoms with van der Waals surface area (Å²) in [4.78, 5) is 8.98. The van der Waals surface area contributed by atoms with E-state index < -0.39 is 0 Å². The number of aliphatic imine (C=N–C) groups is 1. The van der Waals surface area contributed by atoms with E-state index in [9.17, 15) is 0 Å². The predicted molar refractivity (Wildman–Crippen MR) is 109 cm³/mol. The van der Waals surface area contributed by atoms with Gasteiger partial charge in [0.15, 0.2) is 5.96 Å². The van der Waals surface area contributed by atoms with Crippen LogP contribution in [0.15, 0.2) is 39.9 Å². The van der Waals surface area contributed by atoms with E-state index in [-0.39, 0.29) is 5.41 Å². The molecule has 27 heavy (non-hydrogen) atoms. The topological polar surface area (TPSA) is 71.7 Å². The molecule has 0 unspecified atom stereocenters. The van der Waals surface area contributed by atoms with Gasteiger partial charge in [0.05, 0.1) is 25.9 Å². The van der Waals surface area contributed by atoms with Crippen molar-refractivity contribution < 1.29 is 9.15 Å². The maximum absolute atomic E-state index is 5.82. The van der Waals surface area contributed by atoms with Crippen LogP contribution in [0.25, 0.3) is 0 Å². The minimum Gasteiger partial charge on any atom is -0.443 e. The fraction of sp³-hybridized carbons (Fsp3) is 0.524. The molecule has 0 saturated heterocycles. The van der Waals surface area contributed by atoms with Crippen LogP contribution < -0.4 is 10.6 Å². The van der Waals surface area contributed by atoms with Crippen molar-refractivity contribution in [3.8, 4) is 0 Å². The molecule has 0 radical (unpaired) electrons. The van der Waals surface area contributed by atoms with Gasteiger partial charge in [-0.05, 0) is 25.0 Å². The Labute approximate surface area is 162 Å². The van der Waals surface area contributed by atoms with Crippen LogP contribution in [-0.2, 0) is 29.8 Å². The zero-order valence-corrected chi connectivity index (χ0v) is 17.1. The number of ether oxygens (including phenoxy) is 1. The molecule has 0 amide bonds. The number of nitrogens with one attached hydrogen (secondary N) is 2. The van der Waals surface area contributed by atoms with Crippen molar-refractivity contribution >= 4 is 5.96 Å². The van der Waals surface area contributed by atoms with Crippen LogP contribution in [0.1, 0.15) is 57.4 Å². The summed E-state index contributed by atoms with van der Waals surface area (Å²) < 4.78 is 11.2. The molecule has 2 N–H and O–H groups in total. The number of guanidine groups is 1. The first-order valence-electron chi connectivity index (χ1n) is 9.55. The molecule has 1 aromatic carbocycles. The van der Waals surface area contributed by atoms with Gasteiger partial charge in [0.1, 0.15) is 5.76 Å². The van der Waals surface area contributed by atoms with Gasteiger partial charge in [-0.25, -0.2) is 9.98 Å². The van der Waals surface area contributed by atoms with E-state index in [1.165, 1.54) is 5.56 Å². The highest BCUT2D eigenvalue weighted by atomic mass is 16.5. The molecule has 0 fully saturated rings. The minimum absolute atomic E-state index is 0.0435. The number of oxazole rings is 1. The van der Waals surface area contributed by atoms with Crippen LogP contribution in [0.5, 0.6) is 0 Å². The first-order valence-corrected chi connectivity index (χ1v) is 9.55. The summed E-state index contributed by atoms with van der Waals surface area (Å²) >= 11 is 0. The number of rotatable bonds is 8. The monoisotopic (exact) mass is 372 g/mol. The van der Waals surface area contributed by atoms with E-state index in [0.29, 0.717) is 25.6 Å². The molecule has 0 spiro atoms. The van der Waals surface area contributed by atoms with Gasteiger partial charge in [-0.15, -0.1) is 0 Å². The van der Waals surface area contributed by atoms with Crippen LogP contribution in [0.3, 0.4) is 0 Å². The van der Waals surface area contributed by atoms with Crippen molar-refractivity contribution in [1.29, 1.82) is 0 Å². The second kappa shape index (κ2) is 10.1. The number of benzene rings is 1. The van der Waals surface area contributed by atoms with Gasteiger partial charge in [-0.2, -0.15) is 0 Å². The zero-order valence-electron chi connectivity index (χ0n) is 17.1. The average Bonchev–Trinajstić information content (AvgIpc) is 3.12. The third-order valence-corrected chi connectivity index (χ3v) is 3.96. The van der Waals surface area contributed by atoms with Crippen LogP contribution in [-0.4, -0.2) is 24.1 Å². The molecule has 0 atom stereocenters. The molecule has 1 aromatic heterocycles. The normalized spacial score (nSPS) is 12.3. The fourth-order valence-electron chi connectivity index (χ4n) is 2.37. The molecule has 0 aliphatic rings. The Morgan fingerprint density at radius 1 is 1.11 bits per heavy atom. The van der Waals surface area contributed by atoms with E-state index in [0.717, 1.165) is 30.4 Å². The zero-order chi connectivity index (χ0) is 19.7. The van der Waals surface area contributed by atoms with E-state index >= 15 is 0 Å². The van der Waals surface area contributed by atoms with E-state index in [2.05, 4.69) is 65.6 Å². The van der Waals surface area contributed by atoms with E-state index in [4.69, 9.17) is 9.15 Å². The summed E-state index contributed by atoms with van der Waals surface area (Å²) in [6.07, 6.45) is 1.80. The lowest BCUT2D eigenvalue weighted by molar-refractivity contribution is 0.134. The molecule has 0 saturated carbocycles. The quantitative estimate of drug-likeness (QED) is 0.545. The summed E-state index contributed by atoms with van der Waals surface area (Å²) in [5, 5.41) is 6.52. The fourth-order valence-corrected chi connectivity index (χ4v) is 2.37. The Morgan fingerprint density at radius 3 is 2.41 bits per heavy atom. The largest absolute Gasteiger partial charge is 0.443 e. The van der Waals surface area contributed by atoms with Crippen LogP contribution in [0.2, 0.25) is 0 Å². The first-order chi connectivity index (χ1) is 12.9. The standard InChI is InChI=1S/C21H32N4O2/c1-6-22-20(25-14-19-23-13-18(27-19)21(3,4)5)24-12-16-8-10-17(11-9-16)15-26-7-2/h8-11,13H,6-7,12,14-15H2,1-5H3,(H2,22,24,25). The van der Waals surface area contributed by atoms with Gasteiger partial charge >= 0.3 is 0 Å². The maximum Gasteiger partial charge on any atom is 0.213 e. The van der Waals surface area contributed by atoms with Crippen molar-refractivity contribution in [2.75, 3.05) is 13.2 Å². The Hall–Kier alpha value is -2.34. The van der Waals surface area contributed by atoms with Crippen molar-refractivity contribution in [1.82, 2.24) is 15.6 Å². The third-order valence-electron chi connectivity index (χ3n) is 3.96. The Balaban J connectivity index is 1.92. The summed E-state index contributed by atoms with van der Waals surface area (Å²) in [5.74, 6) is 2.28. The predicted octanol–water partition coefficient (Wildman–Crippen LogP) is 3.76. The number of nitrogens with zero attached hydrogens (tertiary/aromatic N) is 2. The summed E-state index contributed by atoms with van der Waals surface area (Å²) in [5.41, 5.74) is 2.28. The number of hydrogen-bond donors (Lipinski definition) is 2. The summed E-state index contributed by atoms with van der Waals surface area (Å²) in [7, 11) is 0. The average molecular weight is 373 g/mol. The molecule has 0 aliphatic carbocycles. The first kappa shape index (κ1) is 21.0. The molecule has 148 valence electrons. The Morgan fingerprint density at radius 2 is 1.81 bits per heavy atom. The van der Waals surface area contributed by atoms with Gasteiger partial charge in [0, 0.05) is 18.6 Å². The lowest BCUT2D eigenvalue weighted by atomic mass is 9.94. The SMILES string of the molecule is CCNC(=NCc1ccc(COCC)cc1)NCc1ncc(C(C)(C)C)o1. The van der Waals surface area contributed by atoms with E-state index in [1.54, 1.807) is 6.20 Å². The summed E-state index contributed by atoms with van der Waals surface area (Å²) in [6.45, 7) is 13.6. The Kier molecular flexibility index (Phi) is 7.85. The number of aromatic nitrogens is 1. The lowest BCUT2D eigenvalue weighted by Gasteiger charge is -2.13. The molecule has 2 aromatic rings. The summed E-state index contributed by atoms with van der Waals surface area (Å²) in [6, 6.07) is 8.35. The highest BCUT2D eigenvalue weighted by molar-refractivity contribution is 5.79. The molecular weight excluding hydrogens is 340 g/mol. The van der Waals surface area contributed by atoms with Crippen LogP contribution >= 0.6 is 0 Å². The third kappa shape index (κ3) is 7.06. The molecular formula is C21H32N4O2. The Bertz CT molecular complexity index is 715. The van der Waals surface area contributed by atoms with Gasteiger partial charge in [0.2, 0.25) is 5.89 Å². The van der Waals surface area contributed by atoms with Crippen molar-refractivity contribution in [3.63, 3.8) is 0 Å². The van der Waals surface area contributed by atoms with Crippen LogP contribution in [0, 0.1) is 0 Å². The van der Waals surface area contributed by atoms with Crippen LogP contribution in [0.4, 0.5) is 0 Å². The van der Waals surface area contributed by atoms with Gasteiger partial charge < -0.3 is 19.8 Å². The van der Waals surface area contributed by atoms with E-state index in [1.807, 2.05) is 13.8 Å². The molecule has 6 heteroatoms.